The Hall–Kier alpha value is -2.99. The first-order valence-electron chi connectivity index (χ1n) is 8.82. The molecule has 1 aromatic rings. The lowest BCUT2D eigenvalue weighted by atomic mass is 10.1. The Morgan fingerprint density at radius 2 is 2.11 bits per heavy atom. The van der Waals surface area contributed by atoms with Crippen LogP contribution in [0.3, 0.4) is 0 Å². The SMILES string of the molecule is CN(CCC#N)C(=O)COC(=O)C1CC(O)CN1C(=O)Cc1ccccc1F. The minimum atomic E-state index is -1.04. The number of likely N-dealkylation sites (N-methyl/N-ethyl adjacent to an activating group) is 1. The van der Waals surface area contributed by atoms with Crippen molar-refractivity contribution in [3.63, 3.8) is 0 Å². The number of benzene rings is 1. The highest BCUT2D eigenvalue weighted by Gasteiger charge is 2.40. The standard InChI is InChI=1S/C19H22FN3O5/c1-22(8-4-7-21)18(26)12-28-19(27)16-10-14(24)11-23(16)17(25)9-13-5-2-3-6-15(13)20/h2-3,5-6,14,16,24H,4,8-12H2,1H3. The number of carbonyl (C=O) groups excluding carboxylic acids is 3. The van der Waals surface area contributed by atoms with Crippen molar-refractivity contribution in [3.05, 3.63) is 35.6 Å². The fraction of sp³-hybridized carbons (Fsp3) is 0.474. The zero-order chi connectivity index (χ0) is 20.7. The summed E-state index contributed by atoms with van der Waals surface area (Å²) in [7, 11) is 1.48. The minimum absolute atomic E-state index is 0.0136. The molecule has 28 heavy (non-hydrogen) atoms. The molecule has 150 valence electrons. The molecule has 2 rings (SSSR count). The van der Waals surface area contributed by atoms with Gasteiger partial charge in [0.1, 0.15) is 11.9 Å². The third-order valence-corrected chi connectivity index (χ3v) is 4.49. The molecule has 0 aromatic heterocycles. The number of esters is 1. The van der Waals surface area contributed by atoms with Crippen LogP contribution in [0, 0.1) is 17.1 Å². The highest BCUT2D eigenvalue weighted by molar-refractivity contribution is 5.88. The van der Waals surface area contributed by atoms with Crippen molar-refractivity contribution < 1.29 is 28.6 Å². The normalized spacial score (nSPS) is 18.4. The third-order valence-electron chi connectivity index (χ3n) is 4.49. The predicted molar refractivity (Wildman–Crippen MR) is 95.1 cm³/mol. The van der Waals surface area contributed by atoms with Gasteiger partial charge in [0.05, 0.1) is 25.0 Å². The highest BCUT2D eigenvalue weighted by Crippen LogP contribution is 2.21. The summed E-state index contributed by atoms with van der Waals surface area (Å²) >= 11 is 0. The zero-order valence-electron chi connectivity index (χ0n) is 15.5. The number of nitriles is 1. The van der Waals surface area contributed by atoms with Crippen molar-refractivity contribution >= 4 is 17.8 Å². The zero-order valence-corrected chi connectivity index (χ0v) is 15.5. The summed E-state index contributed by atoms with van der Waals surface area (Å²) in [6, 6.07) is 6.70. The van der Waals surface area contributed by atoms with Crippen molar-refractivity contribution in [1.29, 1.82) is 5.26 Å². The van der Waals surface area contributed by atoms with Gasteiger partial charge in [-0.05, 0) is 11.6 Å². The van der Waals surface area contributed by atoms with Crippen LogP contribution in [-0.4, -0.2) is 71.6 Å². The molecule has 0 aliphatic carbocycles. The van der Waals surface area contributed by atoms with Gasteiger partial charge in [0, 0.05) is 26.6 Å². The number of amides is 2. The molecule has 0 spiro atoms. The summed E-state index contributed by atoms with van der Waals surface area (Å²) in [4.78, 5) is 39.2. The molecule has 8 nitrogen and oxygen atoms in total. The van der Waals surface area contributed by atoms with Gasteiger partial charge in [-0.1, -0.05) is 18.2 Å². The topological polar surface area (TPSA) is 111 Å². The second-order valence-electron chi connectivity index (χ2n) is 6.55. The van der Waals surface area contributed by atoms with Gasteiger partial charge in [0.25, 0.3) is 5.91 Å². The molecule has 1 aliphatic rings. The Morgan fingerprint density at radius 1 is 1.39 bits per heavy atom. The first kappa shape index (κ1) is 21.3. The lowest BCUT2D eigenvalue weighted by Gasteiger charge is -2.23. The van der Waals surface area contributed by atoms with Crippen molar-refractivity contribution in [2.24, 2.45) is 0 Å². The maximum absolute atomic E-state index is 13.8. The van der Waals surface area contributed by atoms with Crippen molar-refractivity contribution in [2.75, 3.05) is 26.7 Å². The van der Waals surface area contributed by atoms with Crippen LogP contribution < -0.4 is 0 Å². The fourth-order valence-electron chi connectivity index (χ4n) is 2.90. The Morgan fingerprint density at radius 3 is 2.79 bits per heavy atom. The van der Waals surface area contributed by atoms with Crippen LogP contribution in [0.1, 0.15) is 18.4 Å². The molecule has 2 amide bonds. The molecule has 1 fully saturated rings. The van der Waals surface area contributed by atoms with Crippen LogP contribution >= 0.6 is 0 Å². The smallest absolute Gasteiger partial charge is 0.329 e. The van der Waals surface area contributed by atoms with Crippen LogP contribution in [0.5, 0.6) is 0 Å². The quantitative estimate of drug-likeness (QED) is 0.667. The average Bonchev–Trinajstić information content (AvgIpc) is 3.07. The van der Waals surface area contributed by atoms with Gasteiger partial charge >= 0.3 is 5.97 Å². The monoisotopic (exact) mass is 391 g/mol. The second kappa shape index (κ2) is 9.80. The number of β-amino-alcohol motifs (C(OH)–C–C–N with tert-alkyl or cyclic N) is 1. The second-order valence-corrected chi connectivity index (χ2v) is 6.55. The van der Waals surface area contributed by atoms with E-state index in [1.807, 2.05) is 6.07 Å². The number of likely N-dealkylation sites (tertiary alicyclic amines) is 1. The van der Waals surface area contributed by atoms with Crippen LogP contribution in [-0.2, 0) is 25.5 Å². The number of carbonyl (C=O) groups is 3. The van der Waals surface area contributed by atoms with E-state index in [0.29, 0.717) is 0 Å². The Bertz CT molecular complexity index is 779. The maximum Gasteiger partial charge on any atom is 0.329 e. The van der Waals surface area contributed by atoms with E-state index in [1.54, 1.807) is 6.07 Å². The Labute approximate surface area is 162 Å². The lowest BCUT2D eigenvalue weighted by molar-refractivity contribution is -0.157. The molecule has 1 aliphatic heterocycles. The van der Waals surface area contributed by atoms with E-state index in [1.165, 1.54) is 30.1 Å². The molecule has 1 N–H and O–H groups in total. The lowest BCUT2D eigenvalue weighted by Crippen LogP contribution is -2.43. The number of hydrogen-bond donors (Lipinski definition) is 1. The molecule has 1 aromatic carbocycles. The largest absolute Gasteiger partial charge is 0.454 e. The average molecular weight is 391 g/mol. The molecule has 0 bridgehead atoms. The number of ether oxygens (including phenoxy) is 1. The van der Waals surface area contributed by atoms with Crippen LogP contribution in [0.15, 0.2) is 24.3 Å². The van der Waals surface area contributed by atoms with Gasteiger partial charge in [-0.25, -0.2) is 9.18 Å². The number of hydrogen-bond acceptors (Lipinski definition) is 6. The number of rotatable bonds is 7. The van der Waals surface area contributed by atoms with Crippen LogP contribution in [0.4, 0.5) is 4.39 Å². The molecule has 0 radical (unpaired) electrons. The van der Waals surface area contributed by atoms with E-state index in [9.17, 15) is 23.9 Å². The van der Waals surface area contributed by atoms with E-state index >= 15 is 0 Å². The van der Waals surface area contributed by atoms with Crippen molar-refractivity contribution in [1.82, 2.24) is 9.80 Å². The van der Waals surface area contributed by atoms with Gasteiger partial charge in [-0.15, -0.1) is 0 Å². The van der Waals surface area contributed by atoms with Crippen LogP contribution in [0.2, 0.25) is 0 Å². The fourth-order valence-corrected chi connectivity index (χ4v) is 2.90. The number of halogens is 1. The van der Waals surface area contributed by atoms with Gasteiger partial charge < -0.3 is 19.6 Å². The molecule has 2 atom stereocenters. The summed E-state index contributed by atoms with van der Waals surface area (Å²) in [5.74, 6) is -2.33. The predicted octanol–water partition coefficient (Wildman–Crippen LogP) is 0.245. The maximum atomic E-state index is 13.8. The van der Waals surface area contributed by atoms with E-state index < -0.39 is 42.4 Å². The Balaban J connectivity index is 1.96. The number of aliphatic hydroxyl groups is 1. The first-order chi connectivity index (χ1) is 13.3. The van der Waals surface area contributed by atoms with E-state index in [-0.39, 0.29) is 37.9 Å². The minimum Gasteiger partial charge on any atom is -0.454 e. The van der Waals surface area contributed by atoms with Gasteiger partial charge in [-0.2, -0.15) is 5.26 Å². The molecule has 1 saturated heterocycles. The van der Waals surface area contributed by atoms with Crippen molar-refractivity contribution in [3.8, 4) is 6.07 Å². The third kappa shape index (κ3) is 5.50. The summed E-state index contributed by atoms with van der Waals surface area (Å²) in [6.45, 7) is -0.381. The molecule has 1 heterocycles. The summed E-state index contributed by atoms with van der Waals surface area (Å²) in [5, 5.41) is 18.4. The van der Waals surface area contributed by atoms with E-state index in [4.69, 9.17) is 10.00 Å². The summed E-state index contributed by atoms with van der Waals surface area (Å²) in [5.41, 5.74) is 0.190. The van der Waals surface area contributed by atoms with Gasteiger partial charge in [0.15, 0.2) is 6.61 Å². The van der Waals surface area contributed by atoms with Gasteiger partial charge in [0.2, 0.25) is 5.91 Å². The van der Waals surface area contributed by atoms with Crippen LogP contribution in [0.25, 0.3) is 0 Å². The Kier molecular flexibility index (Phi) is 7.46. The summed E-state index contributed by atoms with van der Waals surface area (Å²) in [6.07, 6.45) is -1.01. The van der Waals surface area contributed by atoms with E-state index in [2.05, 4.69) is 0 Å². The first-order valence-corrected chi connectivity index (χ1v) is 8.82. The molecule has 2 unspecified atom stereocenters. The molecule has 0 saturated carbocycles. The van der Waals surface area contributed by atoms with E-state index in [0.717, 1.165) is 4.90 Å². The number of nitrogens with zero attached hydrogens (tertiary/aromatic N) is 3. The van der Waals surface area contributed by atoms with Gasteiger partial charge in [-0.3, -0.25) is 9.59 Å². The van der Waals surface area contributed by atoms with Crippen molar-refractivity contribution in [2.45, 2.75) is 31.4 Å². The molecular formula is C19H22FN3O5. The molecular weight excluding hydrogens is 369 g/mol. The highest BCUT2D eigenvalue weighted by atomic mass is 19.1. The molecule has 9 heteroatoms. The number of aliphatic hydroxyl groups excluding tert-OH is 1. The summed E-state index contributed by atoms with van der Waals surface area (Å²) < 4.78 is 18.8.